The number of aryl methyl sites for hydroxylation is 1. The van der Waals surface area contributed by atoms with Gasteiger partial charge in [0, 0.05) is 18.2 Å². The molecule has 0 amide bonds. The molecule has 1 aliphatic rings. The molecule has 2 N–H and O–H groups in total. The van der Waals surface area contributed by atoms with Gasteiger partial charge in [0.15, 0.2) is 0 Å². The van der Waals surface area contributed by atoms with E-state index in [0.29, 0.717) is 0 Å². The summed E-state index contributed by atoms with van der Waals surface area (Å²) in [5, 5.41) is 9.75. The van der Waals surface area contributed by atoms with Gasteiger partial charge in [-0.05, 0) is 6.92 Å². The molecule has 1 aromatic rings. The molecule has 0 aromatic carbocycles. The number of aromatic nitrogens is 2. The Hall–Kier alpha value is 0.710. The molecule has 1 saturated heterocycles. The fraction of sp³-hybridized carbons (Fsp3) is 0.600. The van der Waals surface area contributed by atoms with Crippen LogP contribution in [0.4, 0.5) is 0 Å². The van der Waals surface area contributed by atoms with Crippen LogP contribution in [0.25, 0.3) is 0 Å². The zero-order valence-corrected chi connectivity index (χ0v) is 17.8. The van der Waals surface area contributed by atoms with Crippen LogP contribution in [0.3, 0.4) is 0 Å². The van der Waals surface area contributed by atoms with Crippen molar-refractivity contribution >= 4 is 7.82 Å². The minimum absolute atomic E-state index is 0. The number of H-pyrrole nitrogens is 1. The largest absolute Gasteiger partial charge is 1.00 e. The number of aliphatic hydroxyl groups is 1. The van der Waals surface area contributed by atoms with Crippen molar-refractivity contribution in [1.29, 1.82) is 0 Å². The van der Waals surface area contributed by atoms with Crippen molar-refractivity contribution in [2.24, 2.45) is 0 Å². The minimum atomic E-state index is -5.17. The molecule has 2 heterocycles. The number of ether oxygens (including phenoxy) is 1. The van der Waals surface area contributed by atoms with Crippen molar-refractivity contribution in [3.63, 3.8) is 0 Å². The van der Waals surface area contributed by atoms with E-state index in [0.717, 1.165) is 4.57 Å². The number of hydrogen-bond donors (Lipinski definition) is 2. The van der Waals surface area contributed by atoms with Crippen LogP contribution >= 0.6 is 7.82 Å². The van der Waals surface area contributed by atoms with Gasteiger partial charge in [-0.15, -0.1) is 0 Å². The first-order valence-corrected chi connectivity index (χ1v) is 7.45. The normalized spacial score (nSPS) is 23.9. The van der Waals surface area contributed by atoms with Crippen molar-refractivity contribution in [3.05, 3.63) is 32.6 Å². The quantitative estimate of drug-likeness (QED) is 0.393. The van der Waals surface area contributed by atoms with Gasteiger partial charge in [-0.25, -0.2) is 4.79 Å². The first-order chi connectivity index (χ1) is 9.67. The van der Waals surface area contributed by atoms with Crippen LogP contribution in [-0.2, 0) is 13.8 Å². The average Bonchev–Trinajstić information content (AvgIpc) is 2.72. The summed E-state index contributed by atoms with van der Waals surface area (Å²) in [5.41, 5.74) is -0.980. The number of aromatic amines is 1. The van der Waals surface area contributed by atoms with Crippen LogP contribution in [0.2, 0.25) is 0 Å². The molecule has 10 nitrogen and oxygen atoms in total. The second kappa shape index (κ2) is 9.42. The molecule has 1 aliphatic heterocycles. The van der Waals surface area contributed by atoms with E-state index in [1.807, 2.05) is 0 Å². The third kappa shape index (κ3) is 6.50. The Bertz CT molecular complexity index is 686. The molecule has 0 unspecified atom stereocenters. The minimum Gasteiger partial charge on any atom is -0.790 e. The van der Waals surface area contributed by atoms with Gasteiger partial charge in [0.2, 0.25) is 0 Å². The van der Waals surface area contributed by atoms with Crippen molar-refractivity contribution in [1.82, 2.24) is 9.55 Å². The van der Waals surface area contributed by atoms with Gasteiger partial charge in [0.1, 0.15) is 12.3 Å². The average molecular weight is 366 g/mol. The zero-order valence-electron chi connectivity index (χ0n) is 12.9. The monoisotopic (exact) mass is 366 g/mol. The summed E-state index contributed by atoms with van der Waals surface area (Å²) in [4.78, 5) is 45.8. The number of aliphatic hydroxyl groups excluding tert-OH is 1. The number of nitrogens with one attached hydrogen (secondary N) is 1. The molecule has 1 aromatic heterocycles. The first kappa shape index (κ1) is 23.7. The van der Waals surface area contributed by atoms with Crippen molar-refractivity contribution < 1.29 is 87.8 Å². The smallest absolute Gasteiger partial charge is 0.790 e. The van der Waals surface area contributed by atoms with Gasteiger partial charge in [0.05, 0.1) is 20.5 Å². The van der Waals surface area contributed by atoms with Crippen LogP contribution in [-0.4, -0.2) is 33.5 Å². The summed E-state index contributed by atoms with van der Waals surface area (Å²) in [6.45, 7) is 0.852. The maximum Gasteiger partial charge on any atom is 1.00 e. The van der Waals surface area contributed by atoms with Crippen LogP contribution in [0.15, 0.2) is 15.8 Å². The van der Waals surface area contributed by atoms with Crippen molar-refractivity contribution in [2.45, 2.75) is 31.8 Å². The number of nitrogens with zero attached hydrogens (tertiary/aromatic N) is 1. The van der Waals surface area contributed by atoms with Crippen molar-refractivity contribution in [2.75, 3.05) is 6.61 Å². The van der Waals surface area contributed by atoms with E-state index in [-0.39, 0.29) is 71.1 Å². The number of phosphoric ester groups is 1. The van der Waals surface area contributed by atoms with Gasteiger partial charge in [-0.1, -0.05) is 0 Å². The topological polar surface area (TPSA) is 157 Å². The van der Waals surface area contributed by atoms with Gasteiger partial charge < -0.3 is 28.7 Å². The Morgan fingerprint density at radius 3 is 2.65 bits per heavy atom. The number of hydrogen-bond acceptors (Lipinski definition) is 8. The number of rotatable bonds is 4. The second-order valence-corrected chi connectivity index (χ2v) is 5.81. The zero-order chi connectivity index (χ0) is 15.8. The SMILES string of the molecule is Cc1cn([C@@H]2C[C@@H](O)[C@H](COP(=O)([O-])[O-])O2)c(=O)[nH]c1=O.[Na+].[Na+]. The molecule has 118 valence electrons. The second-order valence-electron chi connectivity index (χ2n) is 4.65. The number of phosphoric acid groups is 1. The van der Waals surface area contributed by atoms with Gasteiger partial charge in [-0.2, -0.15) is 0 Å². The summed E-state index contributed by atoms with van der Waals surface area (Å²) < 4.78 is 20.8. The predicted molar refractivity (Wildman–Crippen MR) is 64.2 cm³/mol. The van der Waals surface area contributed by atoms with Crippen LogP contribution in [0.1, 0.15) is 18.2 Å². The summed E-state index contributed by atoms with van der Waals surface area (Å²) in [6.07, 6.45) is -1.81. The molecule has 23 heavy (non-hydrogen) atoms. The Morgan fingerprint density at radius 2 is 2.09 bits per heavy atom. The molecule has 0 radical (unpaired) electrons. The molecule has 0 aliphatic carbocycles. The van der Waals surface area contributed by atoms with E-state index in [4.69, 9.17) is 4.74 Å². The Labute approximate surface area is 175 Å². The van der Waals surface area contributed by atoms with E-state index in [2.05, 4.69) is 9.51 Å². The molecular formula is C10H13N2Na2O8P. The summed E-state index contributed by atoms with van der Waals surface area (Å²) in [5.74, 6) is 0. The molecule has 1 fully saturated rings. The summed E-state index contributed by atoms with van der Waals surface area (Å²) in [6, 6.07) is 0. The molecule has 0 bridgehead atoms. The van der Waals surface area contributed by atoms with Crippen LogP contribution < -0.4 is 80.2 Å². The summed E-state index contributed by atoms with van der Waals surface area (Å²) in [7, 11) is -5.17. The molecular weight excluding hydrogens is 353 g/mol. The molecule has 0 saturated carbocycles. The van der Waals surface area contributed by atoms with Gasteiger partial charge in [0.25, 0.3) is 5.56 Å². The fourth-order valence-electron chi connectivity index (χ4n) is 2.00. The Kier molecular flexibility index (Phi) is 9.71. The Morgan fingerprint density at radius 1 is 1.48 bits per heavy atom. The van der Waals surface area contributed by atoms with Gasteiger partial charge in [-0.3, -0.25) is 14.3 Å². The maximum atomic E-state index is 11.7. The summed E-state index contributed by atoms with van der Waals surface area (Å²) >= 11 is 0. The third-order valence-electron chi connectivity index (χ3n) is 3.06. The van der Waals surface area contributed by atoms with Gasteiger partial charge >= 0.3 is 64.8 Å². The third-order valence-corrected chi connectivity index (χ3v) is 3.52. The molecule has 2 rings (SSSR count). The standard InChI is InChI=1S/C10H15N2O8P.2Na/c1-5-3-12(10(15)11-9(5)14)8-2-6(13)7(20-8)4-19-21(16,17)18;;/h3,6-8,13H,2,4H2,1H3,(H,11,14,15)(H2,16,17,18);;/q;2*+1/p-2/t6-,7+,8+;;/m1../s1. The van der Waals surface area contributed by atoms with E-state index in [9.17, 15) is 29.0 Å². The molecule has 13 heteroatoms. The van der Waals surface area contributed by atoms with E-state index in [1.165, 1.54) is 13.1 Å². The van der Waals surface area contributed by atoms with E-state index < -0.39 is 44.1 Å². The first-order valence-electron chi connectivity index (χ1n) is 5.99. The van der Waals surface area contributed by atoms with Crippen molar-refractivity contribution in [3.8, 4) is 0 Å². The fourth-order valence-corrected chi connectivity index (χ4v) is 2.33. The molecule has 0 spiro atoms. The van der Waals surface area contributed by atoms with Crippen LogP contribution in [0, 0.1) is 6.92 Å². The predicted octanol–water partition coefficient (Wildman–Crippen LogP) is -8.65. The Balaban J connectivity index is 0.00000242. The van der Waals surface area contributed by atoms with E-state index >= 15 is 0 Å². The maximum absolute atomic E-state index is 11.7. The molecule has 3 atom stereocenters. The van der Waals surface area contributed by atoms with E-state index in [1.54, 1.807) is 0 Å². The van der Waals surface area contributed by atoms with Crippen LogP contribution in [0.5, 0.6) is 0 Å².